The molecule has 1 atom stereocenters. The highest BCUT2D eigenvalue weighted by atomic mass is 16.5. The number of nitrogen functional groups attached to an aromatic ring is 1. The number of aliphatic hydroxyl groups excluding tert-OH is 1. The van der Waals surface area contributed by atoms with Gasteiger partial charge in [-0.2, -0.15) is 0 Å². The van der Waals surface area contributed by atoms with E-state index in [1.165, 1.54) is 7.11 Å². The van der Waals surface area contributed by atoms with Gasteiger partial charge in [-0.1, -0.05) is 6.07 Å². The third kappa shape index (κ3) is 4.35. The summed E-state index contributed by atoms with van der Waals surface area (Å²) in [6, 6.07) is 5.22. The Kier molecular flexibility index (Phi) is 5.61. The molecule has 1 amide bonds. The molecule has 1 rings (SSSR count). The van der Waals surface area contributed by atoms with E-state index in [0.29, 0.717) is 24.2 Å². The van der Waals surface area contributed by atoms with Crippen LogP contribution in [0.4, 0.5) is 5.69 Å². The Hall–Kier alpha value is -1.59. The van der Waals surface area contributed by atoms with Gasteiger partial charge >= 0.3 is 0 Å². The first-order valence-electron chi connectivity index (χ1n) is 5.86. The molecule has 5 heteroatoms. The van der Waals surface area contributed by atoms with Gasteiger partial charge in [-0.05, 0) is 31.0 Å². The van der Waals surface area contributed by atoms with E-state index in [9.17, 15) is 9.90 Å². The van der Waals surface area contributed by atoms with Crippen molar-refractivity contribution in [1.82, 2.24) is 5.32 Å². The van der Waals surface area contributed by atoms with Crippen molar-refractivity contribution in [3.05, 3.63) is 29.3 Å². The first-order chi connectivity index (χ1) is 8.54. The summed E-state index contributed by atoms with van der Waals surface area (Å²) in [4.78, 5) is 11.9. The fourth-order valence-electron chi connectivity index (χ4n) is 1.61. The number of carbonyl (C=O) groups is 1. The number of anilines is 1. The predicted octanol–water partition coefficient (Wildman–Crippen LogP) is 0.704. The van der Waals surface area contributed by atoms with Crippen molar-refractivity contribution in [1.29, 1.82) is 0 Å². The Labute approximate surface area is 107 Å². The van der Waals surface area contributed by atoms with E-state index in [1.54, 1.807) is 12.1 Å². The molecule has 0 spiro atoms. The van der Waals surface area contributed by atoms with Crippen LogP contribution in [0.1, 0.15) is 22.3 Å². The number of aryl methyl sites for hydroxylation is 1. The number of benzene rings is 1. The number of methoxy groups -OCH3 is 1. The number of aliphatic hydroxyl groups is 1. The van der Waals surface area contributed by atoms with Crippen LogP contribution in [0.3, 0.4) is 0 Å². The number of ether oxygens (including phenoxy) is 1. The highest BCUT2D eigenvalue weighted by Crippen LogP contribution is 2.12. The van der Waals surface area contributed by atoms with Crippen molar-refractivity contribution in [3.8, 4) is 0 Å². The van der Waals surface area contributed by atoms with Crippen LogP contribution in [0, 0.1) is 6.92 Å². The standard InChI is InChI=1S/C13H20N2O3/c1-9-3-4-10(14)7-12(9)13(17)15-6-5-11(16)8-18-2/h3-4,7,11,16H,5-6,8,14H2,1-2H3,(H,15,17). The quantitative estimate of drug-likeness (QED) is 0.651. The van der Waals surface area contributed by atoms with Crippen molar-refractivity contribution in [2.24, 2.45) is 0 Å². The van der Waals surface area contributed by atoms with Crippen molar-refractivity contribution in [2.75, 3.05) is 26.0 Å². The fraction of sp³-hybridized carbons (Fsp3) is 0.462. The van der Waals surface area contributed by atoms with Crippen molar-refractivity contribution in [3.63, 3.8) is 0 Å². The normalized spacial score (nSPS) is 12.2. The number of hydrogen-bond donors (Lipinski definition) is 3. The highest BCUT2D eigenvalue weighted by Gasteiger charge is 2.10. The topological polar surface area (TPSA) is 84.6 Å². The maximum atomic E-state index is 11.9. The van der Waals surface area contributed by atoms with Crippen LogP contribution in [0.15, 0.2) is 18.2 Å². The van der Waals surface area contributed by atoms with Crippen molar-refractivity contribution >= 4 is 11.6 Å². The third-order valence-electron chi connectivity index (χ3n) is 2.63. The third-order valence-corrected chi connectivity index (χ3v) is 2.63. The maximum absolute atomic E-state index is 11.9. The minimum atomic E-state index is -0.558. The van der Waals surface area contributed by atoms with E-state index in [0.717, 1.165) is 5.56 Å². The Morgan fingerprint density at radius 3 is 2.94 bits per heavy atom. The first kappa shape index (κ1) is 14.5. The van der Waals surface area contributed by atoms with E-state index in [1.807, 2.05) is 13.0 Å². The Morgan fingerprint density at radius 2 is 2.28 bits per heavy atom. The summed E-state index contributed by atoms with van der Waals surface area (Å²) < 4.78 is 4.80. The van der Waals surface area contributed by atoms with E-state index in [2.05, 4.69) is 5.32 Å². The first-order valence-corrected chi connectivity index (χ1v) is 5.86. The second-order valence-corrected chi connectivity index (χ2v) is 4.23. The van der Waals surface area contributed by atoms with Crippen LogP contribution in [-0.4, -0.2) is 37.4 Å². The second-order valence-electron chi connectivity index (χ2n) is 4.23. The molecule has 1 unspecified atom stereocenters. The molecule has 0 saturated heterocycles. The average molecular weight is 252 g/mol. The number of carbonyl (C=O) groups excluding carboxylic acids is 1. The summed E-state index contributed by atoms with van der Waals surface area (Å²) in [5, 5.41) is 12.2. The summed E-state index contributed by atoms with van der Waals surface area (Å²) in [7, 11) is 1.53. The van der Waals surface area contributed by atoms with Crippen LogP contribution in [0.5, 0.6) is 0 Å². The van der Waals surface area contributed by atoms with Gasteiger partial charge in [0.25, 0.3) is 5.91 Å². The largest absolute Gasteiger partial charge is 0.399 e. The monoisotopic (exact) mass is 252 g/mol. The summed E-state index contributed by atoms with van der Waals surface area (Å²) in [6.45, 7) is 2.53. The minimum absolute atomic E-state index is 0.176. The minimum Gasteiger partial charge on any atom is -0.399 e. The van der Waals surface area contributed by atoms with Crippen LogP contribution in [0.2, 0.25) is 0 Å². The zero-order chi connectivity index (χ0) is 13.5. The van der Waals surface area contributed by atoms with Crippen LogP contribution in [-0.2, 0) is 4.74 Å². The van der Waals surface area contributed by atoms with Gasteiger partial charge in [0.2, 0.25) is 0 Å². The summed E-state index contributed by atoms with van der Waals surface area (Å²) in [5.41, 5.74) is 7.65. The maximum Gasteiger partial charge on any atom is 0.251 e. The molecule has 1 aromatic carbocycles. The van der Waals surface area contributed by atoms with Gasteiger partial charge in [0.1, 0.15) is 0 Å². The molecular formula is C13H20N2O3. The molecule has 0 fully saturated rings. The van der Waals surface area contributed by atoms with Gasteiger partial charge in [-0.25, -0.2) is 0 Å². The Bertz CT molecular complexity index is 407. The lowest BCUT2D eigenvalue weighted by atomic mass is 10.1. The van der Waals surface area contributed by atoms with Gasteiger partial charge in [0.05, 0.1) is 12.7 Å². The summed E-state index contributed by atoms with van der Waals surface area (Å²) >= 11 is 0. The van der Waals surface area contributed by atoms with E-state index < -0.39 is 6.10 Å². The predicted molar refractivity (Wildman–Crippen MR) is 70.4 cm³/mol. The van der Waals surface area contributed by atoms with Crippen LogP contribution in [0.25, 0.3) is 0 Å². The lowest BCUT2D eigenvalue weighted by Gasteiger charge is -2.11. The Balaban J connectivity index is 2.48. The number of rotatable bonds is 6. The number of amides is 1. The van der Waals surface area contributed by atoms with E-state index >= 15 is 0 Å². The summed E-state index contributed by atoms with van der Waals surface area (Å²) in [5.74, 6) is -0.176. The molecule has 100 valence electrons. The van der Waals surface area contributed by atoms with Gasteiger partial charge in [0, 0.05) is 24.9 Å². The molecule has 18 heavy (non-hydrogen) atoms. The van der Waals surface area contributed by atoms with Gasteiger partial charge < -0.3 is 20.9 Å². The van der Waals surface area contributed by atoms with Gasteiger partial charge in [-0.3, -0.25) is 4.79 Å². The second kappa shape index (κ2) is 6.98. The van der Waals surface area contributed by atoms with Gasteiger partial charge in [-0.15, -0.1) is 0 Å². The van der Waals surface area contributed by atoms with Crippen molar-refractivity contribution in [2.45, 2.75) is 19.4 Å². The molecule has 0 bridgehead atoms. The van der Waals surface area contributed by atoms with E-state index in [-0.39, 0.29) is 12.5 Å². The molecule has 0 radical (unpaired) electrons. The lowest BCUT2D eigenvalue weighted by molar-refractivity contribution is 0.0587. The van der Waals surface area contributed by atoms with Gasteiger partial charge in [0.15, 0.2) is 0 Å². The number of nitrogens with one attached hydrogen (secondary N) is 1. The SMILES string of the molecule is COCC(O)CCNC(=O)c1cc(N)ccc1C. The fourth-order valence-corrected chi connectivity index (χ4v) is 1.61. The van der Waals surface area contributed by atoms with Crippen LogP contribution < -0.4 is 11.1 Å². The molecule has 0 aromatic heterocycles. The molecule has 0 saturated carbocycles. The molecule has 1 aromatic rings. The lowest BCUT2D eigenvalue weighted by Crippen LogP contribution is -2.29. The smallest absolute Gasteiger partial charge is 0.251 e. The molecule has 0 aliphatic heterocycles. The molecule has 0 aliphatic rings. The zero-order valence-electron chi connectivity index (χ0n) is 10.8. The average Bonchev–Trinajstić information content (AvgIpc) is 2.32. The zero-order valence-corrected chi connectivity index (χ0v) is 10.8. The number of hydrogen-bond acceptors (Lipinski definition) is 4. The highest BCUT2D eigenvalue weighted by molar-refractivity contribution is 5.96. The Morgan fingerprint density at radius 1 is 1.56 bits per heavy atom. The number of nitrogens with two attached hydrogens (primary N) is 1. The van der Waals surface area contributed by atoms with Crippen molar-refractivity contribution < 1.29 is 14.6 Å². The molecule has 4 N–H and O–H groups in total. The van der Waals surface area contributed by atoms with E-state index in [4.69, 9.17) is 10.5 Å². The molecular weight excluding hydrogens is 232 g/mol. The molecule has 5 nitrogen and oxygen atoms in total. The molecule has 0 heterocycles. The molecule has 0 aliphatic carbocycles. The summed E-state index contributed by atoms with van der Waals surface area (Å²) in [6.07, 6.45) is -0.0988. The van der Waals surface area contributed by atoms with Crippen LogP contribution >= 0.6 is 0 Å².